The summed E-state index contributed by atoms with van der Waals surface area (Å²) in [6.45, 7) is 4.54. The van der Waals surface area contributed by atoms with Gasteiger partial charge in [-0.1, -0.05) is 19.0 Å². The van der Waals surface area contributed by atoms with Crippen LogP contribution >= 0.6 is 22.6 Å². The van der Waals surface area contributed by atoms with E-state index in [1.165, 1.54) is 3.57 Å². The molecule has 0 amide bonds. The van der Waals surface area contributed by atoms with E-state index in [0.717, 1.165) is 18.0 Å². The number of unbranched alkanes of at least 4 members (excludes halogenated alkanes) is 1. The minimum Gasteiger partial charge on any atom is -0.198 e. The van der Waals surface area contributed by atoms with E-state index >= 15 is 0 Å². The van der Waals surface area contributed by atoms with Gasteiger partial charge in [0, 0.05) is 15.6 Å². The van der Waals surface area contributed by atoms with Gasteiger partial charge in [-0.05, 0) is 59.3 Å². The zero-order chi connectivity index (χ0) is 12.7. The Balaban J connectivity index is 2.64. The van der Waals surface area contributed by atoms with Gasteiger partial charge < -0.3 is 0 Å². The molecule has 17 heavy (non-hydrogen) atoms. The lowest BCUT2D eigenvalue weighted by atomic mass is 10.2. The highest BCUT2D eigenvalue weighted by Crippen LogP contribution is 2.13. The number of hydrogen-bond acceptors (Lipinski definition) is 1. The molecule has 0 aromatic heterocycles. The van der Waals surface area contributed by atoms with Gasteiger partial charge in [0.2, 0.25) is 0 Å². The molecule has 0 heterocycles. The lowest BCUT2D eigenvalue weighted by molar-refractivity contribution is 0.948. The maximum Gasteiger partial charge on any atom is 0.132 e. The molecular weight excluding hydrogens is 337 g/mol. The van der Waals surface area contributed by atoms with Crippen LogP contribution in [0.1, 0.15) is 18.4 Å². The molecule has 0 N–H and O–H groups in total. The molecule has 1 nitrogen and oxygen atoms in total. The predicted octanol–water partition coefficient (Wildman–Crippen LogP) is 4.19. The molecule has 0 spiro atoms. The van der Waals surface area contributed by atoms with Crippen molar-refractivity contribution in [3.63, 3.8) is 0 Å². The van der Waals surface area contributed by atoms with E-state index in [0.29, 0.717) is 6.42 Å². The van der Waals surface area contributed by atoms with E-state index in [-0.39, 0.29) is 0 Å². The molecule has 3 heteroatoms. The van der Waals surface area contributed by atoms with Crippen LogP contribution in [0.4, 0.5) is 0 Å². The summed E-state index contributed by atoms with van der Waals surface area (Å²) in [6, 6.07) is 11.6. The number of rotatable bonds is 3. The van der Waals surface area contributed by atoms with Crippen molar-refractivity contribution in [3.05, 3.63) is 33.4 Å². The van der Waals surface area contributed by atoms with Gasteiger partial charge >= 0.3 is 0 Å². The second-order valence-electron chi connectivity index (χ2n) is 4.65. The Morgan fingerprint density at radius 1 is 1.24 bits per heavy atom. The molecule has 0 saturated heterocycles. The maximum absolute atomic E-state index is 8.53. The van der Waals surface area contributed by atoms with Crippen LogP contribution in [0.5, 0.6) is 0 Å². The van der Waals surface area contributed by atoms with Crippen LogP contribution < -0.4 is 0 Å². The fourth-order valence-electron chi connectivity index (χ4n) is 1.45. The van der Waals surface area contributed by atoms with E-state index in [1.807, 2.05) is 0 Å². The van der Waals surface area contributed by atoms with Crippen LogP contribution in [0, 0.1) is 26.4 Å². The SMILES string of the molecule is C[Si](C)(C#Cc1ccc(I)cc1)CCCC#N. The van der Waals surface area contributed by atoms with Gasteiger partial charge in [-0.15, -0.1) is 5.54 Å². The van der Waals surface area contributed by atoms with E-state index < -0.39 is 8.07 Å². The zero-order valence-electron chi connectivity index (χ0n) is 10.3. The monoisotopic (exact) mass is 353 g/mol. The van der Waals surface area contributed by atoms with Crippen LogP contribution in [0.25, 0.3) is 0 Å². The van der Waals surface area contributed by atoms with Crippen molar-refractivity contribution in [3.8, 4) is 17.5 Å². The molecule has 0 aliphatic heterocycles. The minimum absolute atomic E-state index is 0.654. The van der Waals surface area contributed by atoms with Crippen LogP contribution in [0.3, 0.4) is 0 Å². The lowest BCUT2D eigenvalue weighted by Gasteiger charge is -2.12. The topological polar surface area (TPSA) is 23.8 Å². The van der Waals surface area contributed by atoms with Gasteiger partial charge in [-0.2, -0.15) is 5.26 Å². The van der Waals surface area contributed by atoms with Gasteiger partial charge in [0.1, 0.15) is 8.07 Å². The van der Waals surface area contributed by atoms with Crippen molar-refractivity contribution in [2.75, 3.05) is 0 Å². The number of benzene rings is 1. The zero-order valence-corrected chi connectivity index (χ0v) is 13.4. The predicted molar refractivity (Wildman–Crippen MR) is 83.2 cm³/mol. The highest BCUT2D eigenvalue weighted by Gasteiger charge is 2.16. The van der Waals surface area contributed by atoms with Crippen LogP contribution in [0.15, 0.2) is 24.3 Å². The molecule has 0 bridgehead atoms. The van der Waals surface area contributed by atoms with Crippen molar-refractivity contribution < 1.29 is 0 Å². The van der Waals surface area contributed by atoms with Gasteiger partial charge in [-0.3, -0.25) is 0 Å². The molecule has 0 atom stereocenters. The second-order valence-corrected chi connectivity index (χ2v) is 10.4. The van der Waals surface area contributed by atoms with Gasteiger partial charge in [0.15, 0.2) is 0 Å². The van der Waals surface area contributed by atoms with Gasteiger partial charge in [0.25, 0.3) is 0 Å². The van der Waals surface area contributed by atoms with Crippen molar-refractivity contribution in [2.24, 2.45) is 0 Å². The summed E-state index contributed by atoms with van der Waals surface area (Å²) in [5.41, 5.74) is 4.52. The van der Waals surface area contributed by atoms with E-state index in [9.17, 15) is 0 Å². The normalized spacial score (nSPS) is 10.2. The van der Waals surface area contributed by atoms with E-state index in [1.54, 1.807) is 0 Å². The summed E-state index contributed by atoms with van der Waals surface area (Å²) in [5.74, 6) is 3.26. The molecule has 0 saturated carbocycles. The van der Waals surface area contributed by atoms with E-state index in [2.05, 4.69) is 77.5 Å². The Hall–Kier alpha value is -0.783. The standard InChI is InChI=1S/C14H16INSi/c1-17(2,11-4-3-10-16)12-9-13-5-7-14(15)8-6-13/h5-8H,3-4,11H2,1-2H3. The molecule has 1 rings (SSSR count). The smallest absolute Gasteiger partial charge is 0.132 e. The first-order valence-corrected chi connectivity index (χ1v) is 9.98. The van der Waals surface area contributed by atoms with Gasteiger partial charge in [-0.25, -0.2) is 0 Å². The summed E-state index contributed by atoms with van der Waals surface area (Å²) in [6.07, 6.45) is 1.64. The largest absolute Gasteiger partial charge is 0.198 e. The number of hydrogen-bond donors (Lipinski definition) is 0. The molecule has 88 valence electrons. The van der Waals surface area contributed by atoms with Crippen LogP contribution in [0.2, 0.25) is 19.1 Å². The minimum atomic E-state index is -1.45. The Morgan fingerprint density at radius 3 is 2.47 bits per heavy atom. The molecule has 0 aliphatic carbocycles. The Bertz CT molecular complexity index is 460. The summed E-state index contributed by atoms with van der Waals surface area (Å²) in [7, 11) is -1.45. The summed E-state index contributed by atoms with van der Waals surface area (Å²) < 4.78 is 1.23. The quantitative estimate of drug-likeness (QED) is 0.346. The first kappa shape index (κ1) is 14.3. The first-order valence-electron chi connectivity index (χ1n) is 5.69. The average Bonchev–Trinajstić information content (AvgIpc) is 2.29. The van der Waals surface area contributed by atoms with Crippen molar-refractivity contribution in [1.29, 1.82) is 5.26 Å². The molecular formula is C14H16INSi. The maximum atomic E-state index is 8.53. The molecule has 0 radical (unpaired) electrons. The molecule has 1 aromatic carbocycles. The Labute approximate surface area is 118 Å². The molecule has 0 aliphatic rings. The average molecular weight is 353 g/mol. The fourth-order valence-corrected chi connectivity index (χ4v) is 3.47. The number of halogens is 1. The first-order chi connectivity index (χ1) is 8.03. The Morgan fingerprint density at radius 2 is 1.88 bits per heavy atom. The Kier molecular flexibility index (Phi) is 5.74. The third-order valence-corrected chi connectivity index (χ3v) is 5.60. The van der Waals surface area contributed by atoms with Crippen molar-refractivity contribution in [1.82, 2.24) is 0 Å². The second kappa shape index (κ2) is 6.83. The van der Waals surface area contributed by atoms with Crippen LogP contribution in [-0.4, -0.2) is 8.07 Å². The van der Waals surface area contributed by atoms with Crippen molar-refractivity contribution in [2.45, 2.75) is 32.0 Å². The van der Waals surface area contributed by atoms with Crippen molar-refractivity contribution >= 4 is 30.7 Å². The van der Waals surface area contributed by atoms with Gasteiger partial charge in [0.05, 0.1) is 6.07 Å². The van der Waals surface area contributed by atoms with Crippen LogP contribution in [-0.2, 0) is 0 Å². The summed E-state index contributed by atoms with van der Waals surface area (Å²) >= 11 is 2.29. The van der Waals surface area contributed by atoms with E-state index in [4.69, 9.17) is 5.26 Å². The highest BCUT2D eigenvalue weighted by molar-refractivity contribution is 14.1. The number of nitrogens with zero attached hydrogens (tertiary/aromatic N) is 1. The summed E-state index contributed by atoms with van der Waals surface area (Å²) in [4.78, 5) is 0. The fraction of sp³-hybridized carbons (Fsp3) is 0.357. The molecule has 0 fully saturated rings. The molecule has 1 aromatic rings. The number of nitriles is 1. The third-order valence-electron chi connectivity index (χ3n) is 2.48. The third kappa shape index (κ3) is 5.91. The summed E-state index contributed by atoms with van der Waals surface area (Å²) in [5, 5.41) is 8.53. The lowest BCUT2D eigenvalue weighted by Crippen LogP contribution is -2.22. The highest BCUT2D eigenvalue weighted by atomic mass is 127. The molecule has 0 unspecified atom stereocenters.